The smallest absolute Gasteiger partial charge is 0.128 e. The monoisotopic (exact) mass is 370 g/mol. The van der Waals surface area contributed by atoms with Crippen molar-refractivity contribution in [2.24, 2.45) is 0 Å². The highest BCUT2D eigenvalue weighted by atomic mass is 79.9. The molecule has 2 aromatic rings. The Morgan fingerprint density at radius 3 is 2.39 bits per heavy atom. The average Bonchev–Trinajstić information content (AvgIpc) is 2.34. The van der Waals surface area contributed by atoms with Gasteiger partial charge >= 0.3 is 0 Å². The molecule has 1 unspecified atom stereocenters. The molecule has 0 saturated carbocycles. The van der Waals surface area contributed by atoms with Crippen LogP contribution in [-0.4, -0.2) is 0 Å². The summed E-state index contributed by atoms with van der Waals surface area (Å²) in [5, 5.41) is 0. The predicted octanol–water partition coefficient (Wildman–Crippen LogP) is 5.70. The fourth-order valence-corrected chi connectivity index (χ4v) is 3.31. The largest absolute Gasteiger partial charge is 0.207 e. The number of hydrogen-bond donors (Lipinski definition) is 0. The van der Waals surface area contributed by atoms with Crippen LogP contribution in [0.15, 0.2) is 51.4 Å². The molecule has 0 saturated heterocycles. The van der Waals surface area contributed by atoms with Crippen LogP contribution in [0.25, 0.3) is 0 Å². The maximum atomic E-state index is 13.9. The highest BCUT2D eigenvalue weighted by Crippen LogP contribution is 2.29. The molecule has 0 heterocycles. The van der Waals surface area contributed by atoms with Crippen LogP contribution >= 0.6 is 31.9 Å². The van der Waals surface area contributed by atoms with Gasteiger partial charge in [-0.25, -0.2) is 4.39 Å². The molecule has 1 atom stereocenters. The van der Waals surface area contributed by atoms with E-state index in [0.717, 1.165) is 14.5 Å². The minimum atomic E-state index is -0.168. The van der Waals surface area contributed by atoms with E-state index in [4.69, 9.17) is 0 Å². The van der Waals surface area contributed by atoms with E-state index in [2.05, 4.69) is 50.9 Å². The van der Waals surface area contributed by atoms with Crippen LogP contribution in [0.4, 0.5) is 4.39 Å². The quantitative estimate of drug-likeness (QED) is 0.649. The van der Waals surface area contributed by atoms with Crippen LogP contribution < -0.4 is 0 Å². The van der Waals surface area contributed by atoms with Gasteiger partial charge in [-0.2, -0.15) is 0 Å². The van der Waals surface area contributed by atoms with Gasteiger partial charge in [-0.1, -0.05) is 69.1 Å². The summed E-state index contributed by atoms with van der Waals surface area (Å²) in [6.07, 6.45) is 0.684. The molecule has 2 aromatic carbocycles. The fourth-order valence-electron chi connectivity index (χ4n) is 1.97. The molecule has 0 N–H and O–H groups in total. The third kappa shape index (κ3) is 3.21. The van der Waals surface area contributed by atoms with Gasteiger partial charge in [0.25, 0.3) is 0 Å². The first kappa shape index (κ1) is 13.8. The molecule has 0 aliphatic rings. The summed E-state index contributed by atoms with van der Waals surface area (Å²) >= 11 is 6.72. The molecular formula is C15H13Br2F. The van der Waals surface area contributed by atoms with Crippen molar-refractivity contribution >= 4 is 31.9 Å². The molecule has 0 spiro atoms. The van der Waals surface area contributed by atoms with Crippen LogP contribution in [0.3, 0.4) is 0 Å². The van der Waals surface area contributed by atoms with Crippen LogP contribution in [0.5, 0.6) is 0 Å². The van der Waals surface area contributed by atoms with Gasteiger partial charge in [-0.3, -0.25) is 0 Å². The third-order valence-corrected chi connectivity index (χ3v) is 4.15. The molecule has 0 aromatic heterocycles. The van der Waals surface area contributed by atoms with Crippen molar-refractivity contribution in [3.8, 4) is 0 Å². The number of rotatable bonds is 3. The predicted molar refractivity (Wildman–Crippen MR) is 80.4 cm³/mol. The first-order valence-corrected chi connectivity index (χ1v) is 7.35. The molecule has 94 valence electrons. The van der Waals surface area contributed by atoms with Gasteiger partial charge in [0.05, 0.1) is 0 Å². The third-order valence-electron chi connectivity index (χ3n) is 2.98. The Bertz CT molecular complexity index is 514. The maximum Gasteiger partial charge on any atom is 0.128 e. The zero-order valence-corrected chi connectivity index (χ0v) is 13.1. The molecule has 2 rings (SSSR count). The SMILES string of the molecule is CC(Cc1c(F)cc(Br)cc1Br)c1ccccc1. The van der Waals surface area contributed by atoms with Crippen molar-refractivity contribution in [2.75, 3.05) is 0 Å². The Labute approximate surface area is 123 Å². The van der Waals surface area contributed by atoms with E-state index in [1.807, 2.05) is 24.3 Å². The lowest BCUT2D eigenvalue weighted by molar-refractivity contribution is 0.595. The van der Waals surface area contributed by atoms with Gasteiger partial charge in [-0.05, 0) is 30.0 Å². The summed E-state index contributed by atoms with van der Waals surface area (Å²) in [5.41, 5.74) is 1.96. The van der Waals surface area contributed by atoms with E-state index in [1.54, 1.807) is 0 Å². The minimum Gasteiger partial charge on any atom is -0.207 e. The van der Waals surface area contributed by atoms with Crippen molar-refractivity contribution in [1.29, 1.82) is 0 Å². The molecule has 0 fully saturated rings. The van der Waals surface area contributed by atoms with Gasteiger partial charge in [-0.15, -0.1) is 0 Å². The Hall–Kier alpha value is -0.670. The highest BCUT2D eigenvalue weighted by molar-refractivity contribution is 9.11. The molecule has 0 nitrogen and oxygen atoms in total. The van der Waals surface area contributed by atoms with Crippen LogP contribution in [0, 0.1) is 5.82 Å². The van der Waals surface area contributed by atoms with E-state index < -0.39 is 0 Å². The first-order valence-electron chi connectivity index (χ1n) is 5.76. The minimum absolute atomic E-state index is 0.168. The lowest BCUT2D eigenvalue weighted by atomic mass is 9.93. The number of benzene rings is 2. The Kier molecular flexibility index (Phi) is 4.57. The zero-order chi connectivity index (χ0) is 13.1. The Morgan fingerprint density at radius 1 is 1.11 bits per heavy atom. The van der Waals surface area contributed by atoms with E-state index >= 15 is 0 Å². The normalized spacial score (nSPS) is 12.4. The van der Waals surface area contributed by atoms with Gasteiger partial charge < -0.3 is 0 Å². The topological polar surface area (TPSA) is 0 Å². The van der Waals surface area contributed by atoms with Crippen molar-refractivity contribution in [2.45, 2.75) is 19.3 Å². The molecular weight excluding hydrogens is 359 g/mol. The molecule has 0 amide bonds. The number of hydrogen-bond acceptors (Lipinski definition) is 0. The van der Waals surface area contributed by atoms with E-state index in [-0.39, 0.29) is 11.7 Å². The summed E-state index contributed by atoms with van der Waals surface area (Å²) in [7, 11) is 0. The van der Waals surface area contributed by atoms with E-state index in [0.29, 0.717) is 6.42 Å². The van der Waals surface area contributed by atoms with Gasteiger partial charge in [0.15, 0.2) is 0 Å². The average molecular weight is 372 g/mol. The van der Waals surface area contributed by atoms with Gasteiger partial charge in [0.2, 0.25) is 0 Å². The second-order valence-corrected chi connectivity index (χ2v) is 6.13. The number of halogens is 3. The summed E-state index contributed by atoms with van der Waals surface area (Å²) in [6.45, 7) is 2.11. The molecule has 0 bridgehead atoms. The first-order chi connectivity index (χ1) is 8.58. The van der Waals surface area contributed by atoms with E-state index in [9.17, 15) is 4.39 Å². The van der Waals surface area contributed by atoms with Crippen molar-refractivity contribution in [3.63, 3.8) is 0 Å². The van der Waals surface area contributed by atoms with Crippen LogP contribution in [-0.2, 0) is 6.42 Å². The van der Waals surface area contributed by atoms with Crippen LogP contribution in [0.1, 0.15) is 24.0 Å². The second kappa shape index (κ2) is 5.98. The molecule has 0 radical (unpaired) electrons. The Balaban J connectivity index is 2.25. The van der Waals surface area contributed by atoms with Crippen molar-refractivity contribution in [3.05, 3.63) is 68.4 Å². The van der Waals surface area contributed by atoms with Crippen molar-refractivity contribution < 1.29 is 4.39 Å². The summed E-state index contributed by atoms with van der Waals surface area (Å²) in [5.74, 6) is 0.122. The lowest BCUT2D eigenvalue weighted by Crippen LogP contribution is -2.01. The molecule has 0 aliphatic carbocycles. The molecule has 18 heavy (non-hydrogen) atoms. The summed E-state index contributed by atoms with van der Waals surface area (Å²) < 4.78 is 15.5. The van der Waals surface area contributed by atoms with E-state index in [1.165, 1.54) is 11.6 Å². The fraction of sp³-hybridized carbons (Fsp3) is 0.200. The van der Waals surface area contributed by atoms with Gasteiger partial charge in [0, 0.05) is 14.5 Å². The molecule has 3 heteroatoms. The lowest BCUT2D eigenvalue weighted by Gasteiger charge is -2.14. The Morgan fingerprint density at radius 2 is 1.78 bits per heavy atom. The van der Waals surface area contributed by atoms with Crippen LogP contribution in [0.2, 0.25) is 0 Å². The van der Waals surface area contributed by atoms with Crippen molar-refractivity contribution in [1.82, 2.24) is 0 Å². The molecule has 0 aliphatic heterocycles. The zero-order valence-electron chi connectivity index (χ0n) is 9.96. The standard InChI is InChI=1S/C15H13Br2F/c1-10(11-5-3-2-4-6-11)7-13-14(17)8-12(16)9-15(13)18/h2-6,8-10H,7H2,1H3. The highest BCUT2D eigenvalue weighted by Gasteiger charge is 2.13. The summed E-state index contributed by atoms with van der Waals surface area (Å²) in [4.78, 5) is 0. The summed E-state index contributed by atoms with van der Waals surface area (Å²) in [6, 6.07) is 13.6. The second-order valence-electron chi connectivity index (χ2n) is 4.36. The maximum absolute atomic E-state index is 13.9. The van der Waals surface area contributed by atoms with Gasteiger partial charge in [0.1, 0.15) is 5.82 Å².